The summed E-state index contributed by atoms with van der Waals surface area (Å²) in [5.41, 5.74) is 2.47. The summed E-state index contributed by atoms with van der Waals surface area (Å²) < 4.78 is 37.9. The Bertz CT molecular complexity index is 1260. The molecule has 2 heterocycles. The fraction of sp³-hybridized carbons (Fsp3) is 0.227. The second kappa shape index (κ2) is 9.75. The number of ketones is 1. The molecule has 0 bridgehead atoms. The van der Waals surface area contributed by atoms with Crippen LogP contribution in [0, 0.1) is 20.8 Å². The summed E-state index contributed by atoms with van der Waals surface area (Å²) in [6.07, 6.45) is 1.41. The molecule has 0 fully saturated rings. The zero-order valence-electron chi connectivity index (χ0n) is 17.9. The monoisotopic (exact) mass is 457 g/mol. The summed E-state index contributed by atoms with van der Waals surface area (Å²) in [5.74, 6) is -0.0948. The Balaban J connectivity index is 1.55. The maximum absolute atomic E-state index is 12.5. The van der Waals surface area contributed by atoms with Gasteiger partial charge in [0.15, 0.2) is 12.4 Å². The molecule has 0 amide bonds. The number of hydrogen-bond donors (Lipinski definition) is 1. The molecule has 0 aliphatic rings. The molecule has 0 aliphatic carbocycles. The molecule has 9 nitrogen and oxygen atoms in total. The molecule has 10 heteroatoms. The quantitative estimate of drug-likeness (QED) is 0.387. The van der Waals surface area contributed by atoms with Crippen molar-refractivity contribution in [1.82, 2.24) is 14.4 Å². The van der Waals surface area contributed by atoms with Gasteiger partial charge in [-0.25, -0.2) is 13.1 Å². The first-order chi connectivity index (χ1) is 15.2. The molecular formula is C22H23N3O6S. The first-order valence-corrected chi connectivity index (χ1v) is 11.2. The van der Waals surface area contributed by atoms with Gasteiger partial charge >= 0.3 is 5.97 Å². The van der Waals surface area contributed by atoms with E-state index in [1.807, 2.05) is 13.0 Å². The van der Waals surface area contributed by atoms with Gasteiger partial charge in [-0.1, -0.05) is 35.5 Å². The Morgan fingerprint density at radius 3 is 2.53 bits per heavy atom. The number of hydrogen-bond acceptors (Lipinski definition) is 7. The summed E-state index contributed by atoms with van der Waals surface area (Å²) in [5, 5.41) is 4.92. The molecule has 0 radical (unpaired) electrons. The summed E-state index contributed by atoms with van der Waals surface area (Å²) in [7, 11) is -3.84. The maximum Gasteiger partial charge on any atom is 0.321 e. The van der Waals surface area contributed by atoms with E-state index in [0.29, 0.717) is 28.4 Å². The first kappa shape index (κ1) is 23.2. The van der Waals surface area contributed by atoms with Gasteiger partial charge < -0.3 is 9.26 Å². The number of carbonyl (C=O) groups is 2. The lowest BCUT2D eigenvalue weighted by Gasteiger charge is -2.06. The Morgan fingerprint density at radius 1 is 1.16 bits per heavy atom. The highest BCUT2D eigenvalue weighted by atomic mass is 32.2. The minimum absolute atomic E-state index is 0.377. The van der Waals surface area contributed by atoms with Crippen molar-refractivity contribution in [3.63, 3.8) is 0 Å². The number of esters is 1. The van der Waals surface area contributed by atoms with Gasteiger partial charge in [-0.05, 0) is 38.5 Å². The van der Waals surface area contributed by atoms with Crippen molar-refractivity contribution in [2.45, 2.75) is 20.8 Å². The van der Waals surface area contributed by atoms with Crippen molar-refractivity contribution in [3.8, 4) is 5.82 Å². The number of nitrogens with zero attached hydrogens (tertiary/aromatic N) is 2. The number of sulfonamides is 1. The number of rotatable bonds is 9. The Morgan fingerprint density at radius 2 is 1.88 bits per heavy atom. The Hall–Kier alpha value is -3.50. The highest BCUT2D eigenvalue weighted by molar-refractivity contribution is 7.92. The van der Waals surface area contributed by atoms with Gasteiger partial charge in [-0.2, -0.15) is 0 Å². The van der Waals surface area contributed by atoms with Crippen molar-refractivity contribution in [2.75, 3.05) is 13.2 Å². The molecule has 0 unspecified atom stereocenters. The van der Waals surface area contributed by atoms with Crippen LogP contribution in [0.25, 0.3) is 11.9 Å². The van der Waals surface area contributed by atoms with Gasteiger partial charge in [-0.15, -0.1) is 0 Å². The topological polar surface area (TPSA) is 120 Å². The lowest BCUT2D eigenvalue weighted by molar-refractivity contribution is -0.141. The third-order valence-corrected chi connectivity index (χ3v) is 5.64. The van der Waals surface area contributed by atoms with E-state index in [4.69, 9.17) is 9.26 Å². The van der Waals surface area contributed by atoms with E-state index < -0.39 is 34.9 Å². The van der Waals surface area contributed by atoms with Gasteiger partial charge in [0.1, 0.15) is 12.3 Å². The number of carbonyl (C=O) groups excluding carboxylic acids is 2. The third kappa shape index (κ3) is 5.80. The summed E-state index contributed by atoms with van der Waals surface area (Å²) in [6, 6.07) is 12.3. The SMILES string of the molecule is Cc1cc(-n2c(C)cc(C(=O)COC(=O)CNS(=O)(=O)/C=C/c3ccccc3)c2C)no1. The molecule has 1 N–H and O–H groups in total. The average molecular weight is 458 g/mol. The lowest BCUT2D eigenvalue weighted by Crippen LogP contribution is -2.30. The molecule has 3 aromatic rings. The Labute approximate surface area is 185 Å². The Kier molecular flexibility index (Phi) is 7.06. The van der Waals surface area contributed by atoms with Crippen LogP contribution in [0.3, 0.4) is 0 Å². The molecule has 0 saturated heterocycles. The molecular weight excluding hydrogens is 434 g/mol. The number of ether oxygens (including phenoxy) is 1. The van der Waals surface area contributed by atoms with Gasteiger partial charge in [0.25, 0.3) is 0 Å². The van der Waals surface area contributed by atoms with Crippen molar-refractivity contribution in [3.05, 3.63) is 76.1 Å². The predicted molar refractivity (Wildman–Crippen MR) is 118 cm³/mol. The van der Waals surface area contributed by atoms with Crippen LogP contribution >= 0.6 is 0 Å². The molecule has 0 spiro atoms. The number of Topliss-reactive ketones (excluding diaryl/α,β-unsaturated/α-hetero) is 1. The summed E-state index contributed by atoms with van der Waals surface area (Å²) in [4.78, 5) is 24.5. The lowest BCUT2D eigenvalue weighted by atomic mass is 10.1. The van der Waals surface area contributed by atoms with Crippen LogP contribution in [0.2, 0.25) is 0 Å². The van der Waals surface area contributed by atoms with Crippen molar-refractivity contribution < 1.29 is 27.3 Å². The molecule has 2 aromatic heterocycles. The summed E-state index contributed by atoms with van der Waals surface area (Å²) in [6.45, 7) is 4.23. The normalized spacial score (nSPS) is 11.7. The maximum atomic E-state index is 12.5. The third-order valence-electron chi connectivity index (χ3n) is 4.60. The molecule has 0 atom stereocenters. The largest absolute Gasteiger partial charge is 0.456 e. The van der Waals surface area contributed by atoms with E-state index in [0.717, 1.165) is 11.1 Å². The second-order valence-electron chi connectivity index (χ2n) is 7.08. The van der Waals surface area contributed by atoms with E-state index in [1.165, 1.54) is 6.08 Å². The fourth-order valence-electron chi connectivity index (χ4n) is 3.07. The van der Waals surface area contributed by atoms with Crippen molar-refractivity contribution >= 4 is 27.9 Å². The molecule has 3 rings (SSSR count). The minimum Gasteiger partial charge on any atom is -0.456 e. The highest BCUT2D eigenvalue weighted by Gasteiger charge is 2.20. The van der Waals surface area contributed by atoms with Crippen molar-refractivity contribution in [1.29, 1.82) is 0 Å². The molecule has 168 valence electrons. The van der Waals surface area contributed by atoms with Crippen LogP contribution in [-0.4, -0.2) is 43.0 Å². The van der Waals surface area contributed by atoms with E-state index in [2.05, 4.69) is 9.88 Å². The smallest absolute Gasteiger partial charge is 0.321 e. The first-order valence-electron chi connectivity index (χ1n) is 9.70. The number of aromatic nitrogens is 2. The summed E-state index contributed by atoms with van der Waals surface area (Å²) >= 11 is 0. The van der Waals surface area contributed by atoms with Gasteiger partial charge in [-0.3, -0.25) is 14.2 Å². The van der Waals surface area contributed by atoms with Gasteiger partial charge in [0.2, 0.25) is 15.8 Å². The molecule has 0 aliphatic heterocycles. The van der Waals surface area contributed by atoms with E-state index in [-0.39, 0.29) is 0 Å². The van der Waals surface area contributed by atoms with Gasteiger partial charge in [0.05, 0.1) is 0 Å². The zero-order valence-corrected chi connectivity index (χ0v) is 18.7. The van der Waals surface area contributed by atoms with Crippen LogP contribution in [0.4, 0.5) is 0 Å². The number of benzene rings is 1. The standard InChI is InChI=1S/C22H23N3O6S/c1-15-11-19(17(3)25(15)21-12-16(2)31-24-21)20(26)14-30-22(27)13-23-32(28,29)10-9-18-7-5-4-6-8-18/h4-12,23H,13-14H2,1-3H3/b10-9+. The van der Waals surface area contributed by atoms with Gasteiger partial charge in [0, 0.05) is 28.4 Å². The average Bonchev–Trinajstić information content (AvgIpc) is 3.31. The predicted octanol–water partition coefficient (Wildman–Crippen LogP) is 2.71. The fourth-order valence-corrected chi connectivity index (χ4v) is 3.82. The van der Waals surface area contributed by atoms with Crippen LogP contribution in [0.1, 0.15) is 33.1 Å². The minimum atomic E-state index is -3.84. The second-order valence-corrected chi connectivity index (χ2v) is 8.73. The number of aryl methyl sites for hydroxylation is 2. The zero-order chi connectivity index (χ0) is 23.3. The van der Waals surface area contributed by atoms with E-state index >= 15 is 0 Å². The van der Waals surface area contributed by atoms with Crippen LogP contribution in [0.5, 0.6) is 0 Å². The molecule has 1 aromatic carbocycles. The molecule has 0 saturated carbocycles. The van der Waals surface area contributed by atoms with E-state index in [1.54, 1.807) is 54.8 Å². The van der Waals surface area contributed by atoms with Crippen LogP contribution < -0.4 is 4.72 Å². The van der Waals surface area contributed by atoms with Crippen molar-refractivity contribution in [2.24, 2.45) is 0 Å². The molecule has 32 heavy (non-hydrogen) atoms. The van der Waals surface area contributed by atoms with Crippen LogP contribution in [0.15, 0.2) is 52.4 Å². The number of nitrogens with one attached hydrogen (secondary N) is 1. The highest BCUT2D eigenvalue weighted by Crippen LogP contribution is 2.21. The van der Waals surface area contributed by atoms with Crippen LogP contribution in [-0.2, 0) is 19.6 Å². The van der Waals surface area contributed by atoms with E-state index in [9.17, 15) is 18.0 Å².